The number of nitro benzene ring substituents is 1. The highest BCUT2D eigenvalue weighted by molar-refractivity contribution is 6.32. The van der Waals surface area contributed by atoms with Crippen molar-refractivity contribution < 1.29 is 9.72 Å². The van der Waals surface area contributed by atoms with Crippen molar-refractivity contribution in [3.8, 4) is 0 Å². The molecule has 0 unspecified atom stereocenters. The Bertz CT molecular complexity index is 1330. The van der Waals surface area contributed by atoms with E-state index in [9.17, 15) is 14.9 Å². The summed E-state index contributed by atoms with van der Waals surface area (Å²) in [6.07, 6.45) is 1.98. The Morgan fingerprint density at radius 1 is 0.970 bits per heavy atom. The molecule has 33 heavy (non-hydrogen) atoms. The zero-order valence-electron chi connectivity index (χ0n) is 17.3. The van der Waals surface area contributed by atoms with E-state index in [2.05, 4.69) is 10.1 Å². The number of nitrogens with zero attached hydrogens (tertiary/aromatic N) is 5. The van der Waals surface area contributed by atoms with E-state index in [0.717, 1.165) is 11.1 Å². The molecule has 1 aliphatic rings. The van der Waals surface area contributed by atoms with E-state index in [1.54, 1.807) is 9.58 Å². The van der Waals surface area contributed by atoms with Gasteiger partial charge in [0.1, 0.15) is 11.3 Å². The van der Waals surface area contributed by atoms with Gasteiger partial charge < -0.3 is 0 Å². The van der Waals surface area contributed by atoms with E-state index >= 15 is 0 Å². The molecule has 2 atom stereocenters. The van der Waals surface area contributed by atoms with Gasteiger partial charge in [0.05, 0.1) is 17.0 Å². The van der Waals surface area contributed by atoms with Crippen molar-refractivity contribution in [1.82, 2.24) is 14.8 Å². The average molecular weight is 460 g/mol. The van der Waals surface area contributed by atoms with Gasteiger partial charge in [-0.2, -0.15) is 10.1 Å². The first-order chi connectivity index (χ1) is 16.0. The normalized spacial score (nSPS) is 17.4. The van der Waals surface area contributed by atoms with Crippen molar-refractivity contribution in [2.24, 2.45) is 0 Å². The van der Waals surface area contributed by atoms with E-state index in [4.69, 9.17) is 11.6 Å². The van der Waals surface area contributed by atoms with Gasteiger partial charge in [-0.15, -0.1) is 0 Å². The van der Waals surface area contributed by atoms with Crippen molar-refractivity contribution in [3.63, 3.8) is 0 Å². The number of nitro groups is 1. The van der Waals surface area contributed by atoms with Gasteiger partial charge in [-0.05, 0) is 29.7 Å². The number of halogens is 1. The molecular formula is C24H18ClN5O3. The maximum atomic E-state index is 13.8. The van der Waals surface area contributed by atoms with Crippen molar-refractivity contribution >= 4 is 29.1 Å². The van der Waals surface area contributed by atoms with Gasteiger partial charge in [0.15, 0.2) is 0 Å². The van der Waals surface area contributed by atoms with Gasteiger partial charge in [0.25, 0.3) is 11.6 Å². The molecule has 1 aromatic heterocycles. The molecule has 0 saturated heterocycles. The second kappa shape index (κ2) is 8.48. The number of aromatic nitrogens is 3. The summed E-state index contributed by atoms with van der Waals surface area (Å²) in [5, 5.41) is 15.8. The molecule has 8 nitrogen and oxygen atoms in total. The highest BCUT2D eigenvalue weighted by Crippen LogP contribution is 2.42. The van der Waals surface area contributed by atoms with Crippen molar-refractivity contribution in [1.29, 1.82) is 0 Å². The average Bonchev–Trinajstić information content (AvgIpc) is 3.33. The molecule has 0 aliphatic carbocycles. The zero-order chi connectivity index (χ0) is 22.9. The van der Waals surface area contributed by atoms with Crippen LogP contribution in [0.15, 0.2) is 85.2 Å². The highest BCUT2D eigenvalue weighted by Gasteiger charge is 2.40. The van der Waals surface area contributed by atoms with Crippen LogP contribution in [0.3, 0.4) is 0 Å². The third kappa shape index (κ3) is 3.74. The molecule has 0 saturated carbocycles. The summed E-state index contributed by atoms with van der Waals surface area (Å²) >= 11 is 5.96. The standard InChI is InChI=1S/C24H18ClN5O3/c25-19-12-11-18(13-22(19)30(32)33)23(31)28-20(16-7-3-1-4-8-16)14-21(17-9-5-2-6-10-17)29-24(28)26-15-27-29/h1-13,15,20-21H,14H2/t20-,21+/m0/s1. The summed E-state index contributed by atoms with van der Waals surface area (Å²) < 4.78 is 1.73. The van der Waals surface area contributed by atoms with E-state index in [-0.39, 0.29) is 28.4 Å². The van der Waals surface area contributed by atoms with Gasteiger partial charge in [-0.1, -0.05) is 72.3 Å². The van der Waals surface area contributed by atoms with Crippen molar-refractivity contribution in [2.75, 3.05) is 4.90 Å². The monoisotopic (exact) mass is 459 g/mol. The summed E-state index contributed by atoms with van der Waals surface area (Å²) in [5.41, 5.74) is 1.82. The van der Waals surface area contributed by atoms with Crippen LogP contribution in [0.4, 0.5) is 11.6 Å². The predicted octanol–water partition coefficient (Wildman–Crippen LogP) is 5.22. The summed E-state index contributed by atoms with van der Waals surface area (Å²) in [6.45, 7) is 0. The number of rotatable bonds is 4. The third-order valence-corrected chi connectivity index (χ3v) is 6.12. The maximum Gasteiger partial charge on any atom is 0.288 e. The fraction of sp³-hybridized carbons (Fsp3) is 0.125. The molecule has 0 bridgehead atoms. The summed E-state index contributed by atoms with van der Waals surface area (Å²) in [6, 6.07) is 23.2. The van der Waals surface area contributed by atoms with Crippen LogP contribution in [0, 0.1) is 10.1 Å². The molecule has 3 aromatic carbocycles. The molecule has 0 radical (unpaired) electrons. The van der Waals surface area contributed by atoms with Gasteiger partial charge in [-0.3, -0.25) is 19.8 Å². The Balaban J connectivity index is 1.65. The van der Waals surface area contributed by atoms with Crippen molar-refractivity contribution in [2.45, 2.75) is 18.5 Å². The Kier molecular flexibility index (Phi) is 5.35. The highest BCUT2D eigenvalue weighted by atomic mass is 35.5. The Morgan fingerprint density at radius 3 is 2.24 bits per heavy atom. The first-order valence-electron chi connectivity index (χ1n) is 10.3. The van der Waals surface area contributed by atoms with Crippen LogP contribution in [0.5, 0.6) is 0 Å². The molecule has 164 valence electrons. The summed E-state index contributed by atoms with van der Waals surface area (Å²) in [5.74, 6) is -0.0315. The molecule has 0 spiro atoms. The lowest BCUT2D eigenvalue weighted by Gasteiger charge is -2.39. The van der Waals surface area contributed by atoms with Crippen LogP contribution >= 0.6 is 11.6 Å². The number of hydrogen-bond acceptors (Lipinski definition) is 5. The van der Waals surface area contributed by atoms with Gasteiger partial charge in [0, 0.05) is 11.6 Å². The maximum absolute atomic E-state index is 13.8. The SMILES string of the molecule is O=C(c1ccc(Cl)c([N+](=O)[O-])c1)N1c2ncnn2[C@@H](c2ccccc2)C[C@H]1c1ccccc1. The number of carbonyl (C=O) groups excluding carboxylic acids is 1. The quantitative estimate of drug-likeness (QED) is 0.308. The number of carbonyl (C=O) groups is 1. The molecule has 0 fully saturated rings. The van der Waals surface area contributed by atoms with Crippen LogP contribution in [-0.4, -0.2) is 25.6 Å². The lowest BCUT2D eigenvalue weighted by atomic mass is 9.91. The first-order valence-corrected chi connectivity index (χ1v) is 10.7. The van der Waals surface area contributed by atoms with E-state index < -0.39 is 10.8 Å². The minimum absolute atomic E-state index is 0.0258. The predicted molar refractivity (Wildman–Crippen MR) is 123 cm³/mol. The second-order valence-corrected chi connectivity index (χ2v) is 8.10. The zero-order valence-corrected chi connectivity index (χ0v) is 18.0. The number of anilines is 1. The minimum atomic E-state index is -0.599. The number of amides is 1. The van der Waals surface area contributed by atoms with E-state index in [0.29, 0.717) is 12.4 Å². The van der Waals surface area contributed by atoms with Crippen LogP contribution < -0.4 is 4.90 Å². The number of hydrogen-bond donors (Lipinski definition) is 0. The van der Waals surface area contributed by atoms with Crippen molar-refractivity contribution in [3.05, 3.63) is 117 Å². The third-order valence-electron chi connectivity index (χ3n) is 5.80. The molecule has 9 heteroatoms. The molecule has 1 amide bonds. The summed E-state index contributed by atoms with van der Waals surface area (Å²) in [4.78, 5) is 30.5. The lowest BCUT2D eigenvalue weighted by molar-refractivity contribution is -0.384. The van der Waals surface area contributed by atoms with Gasteiger partial charge >= 0.3 is 0 Å². The van der Waals surface area contributed by atoms with Gasteiger partial charge in [-0.25, -0.2) is 4.68 Å². The Labute approximate surface area is 194 Å². The minimum Gasteiger partial charge on any atom is -0.269 e. The topological polar surface area (TPSA) is 94.2 Å². The second-order valence-electron chi connectivity index (χ2n) is 7.69. The first kappa shape index (κ1) is 20.8. The fourth-order valence-electron chi connectivity index (χ4n) is 4.26. The van der Waals surface area contributed by atoms with Crippen LogP contribution in [0.2, 0.25) is 5.02 Å². The van der Waals surface area contributed by atoms with Crippen LogP contribution in [0.1, 0.15) is 40.0 Å². The van der Waals surface area contributed by atoms with Crippen LogP contribution in [0.25, 0.3) is 0 Å². The fourth-order valence-corrected chi connectivity index (χ4v) is 4.45. The largest absolute Gasteiger partial charge is 0.288 e. The Morgan fingerprint density at radius 2 is 1.61 bits per heavy atom. The number of fused-ring (bicyclic) bond motifs is 1. The summed E-state index contributed by atoms with van der Waals surface area (Å²) in [7, 11) is 0. The molecule has 5 rings (SSSR count). The molecule has 4 aromatic rings. The van der Waals surface area contributed by atoms with E-state index in [1.165, 1.54) is 24.5 Å². The van der Waals surface area contributed by atoms with E-state index in [1.807, 2.05) is 60.7 Å². The molecule has 0 N–H and O–H groups in total. The lowest BCUT2D eigenvalue weighted by Crippen LogP contribution is -2.42. The number of benzene rings is 3. The smallest absolute Gasteiger partial charge is 0.269 e. The van der Waals surface area contributed by atoms with Crippen LogP contribution in [-0.2, 0) is 0 Å². The molecule has 2 heterocycles. The molecular weight excluding hydrogens is 442 g/mol. The Hall–Kier alpha value is -4.04. The molecule has 1 aliphatic heterocycles. The van der Waals surface area contributed by atoms with Gasteiger partial charge in [0.2, 0.25) is 5.95 Å².